The van der Waals surface area contributed by atoms with Gasteiger partial charge in [-0.1, -0.05) is 18.2 Å². The fourth-order valence-corrected chi connectivity index (χ4v) is 2.43. The van der Waals surface area contributed by atoms with Crippen molar-refractivity contribution in [3.05, 3.63) is 46.6 Å². The molecule has 1 aromatic heterocycles. The summed E-state index contributed by atoms with van der Waals surface area (Å²) in [6.45, 7) is 0. The molecule has 1 aromatic carbocycles. The van der Waals surface area contributed by atoms with E-state index < -0.39 is 17.8 Å². The lowest BCUT2D eigenvalue weighted by Crippen LogP contribution is -2.05. The number of amides is 1. The Hall–Kier alpha value is -2.09. The predicted octanol–water partition coefficient (Wildman–Crippen LogP) is 3.84. The molecule has 0 aliphatic rings. The Morgan fingerprint density at radius 3 is 2.80 bits per heavy atom. The highest BCUT2D eigenvalue weighted by molar-refractivity contribution is 7.15. The number of anilines is 1. The average Bonchev–Trinajstić information content (AvgIpc) is 2.75. The smallest absolute Gasteiger partial charge is 0.416 e. The largest absolute Gasteiger partial charge is 0.465 e. The van der Waals surface area contributed by atoms with E-state index in [0.717, 1.165) is 23.5 Å². The van der Waals surface area contributed by atoms with Crippen molar-refractivity contribution in [2.75, 3.05) is 5.32 Å². The molecule has 0 radical (unpaired) electrons. The SMILES string of the molecule is O=C(O)Nc1cnc(Cc2cccc(C(F)(F)F)c2)s1. The summed E-state index contributed by atoms with van der Waals surface area (Å²) in [6.07, 6.45) is -4.04. The van der Waals surface area contributed by atoms with E-state index in [1.807, 2.05) is 0 Å². The lowest BCUT2D eigenvalue weighted by Gasteiger charge is -2.07. The topological polar surface area (TPSA) is 62.2 Å². The molecule has 1 amide bonds. The lowest BCUT2D eigenvalue weighted by atomic mass is 10.1. The van der Waals surface area contributed by atoms with E-state index in [4.69, 9.17) is 5.11 Å². The van der Waals surface area contributed by atoms with E-state index in [2.05, 4.69) is 10.3 Å². The number of halogens is 3. The minimum absolute atomic E-state index is 0.218. The van der Waals surface area contributed by atoms with Gasteiger partial charge in [0, 0.05) is 6.42 Å². The van der Waals surface area contributed by atoms with Crippen molar-refractivity contribution >= 4 is 22.4 Å². The highest BCUT2D eigenvalue weighted by atomic mass is 32.1. The molecule has 0 aliphatic carbocycles. The van der Waals surface area contributed by atoms with Crippen LogP contribution < -0.4 is 5.32 Å². The number of nitrogens with one attached hydrogen (secondary N) is 1. The molecule has 2 N–H and O–H groups in total. The Kier molecular flexibility index (Phi) is 3.93. The lowest BCUT2D eigenvalue weighted by molar-refractivity contribution is -0.137. The van der Waals surface area contributed by atoms with Gasteiger partial charge in [-0.3, -0.25) is 5.32 Å². The summed E-state index contributed by atoms with van der Waals surface area (Å²) in [5.41, 5.74) is -0.244. The van der Waals surface area contributed by atoms with Crippen LogP contribution in [0.3, 0.4) is 0 Å². The normalized spacial score (nSPS) is 11.3. The van der Waals surface area contributed by atoms with Crippen molar-refractivity contribution in [2.45, 2.75) is 12.6 Å². The predicted molar refractivity (Wildman–Crippen MR) is 68.0 cm³/mol. The van der Waals surface area contributed by atoms with Gasteiger partial charge in [0.2, 0.25) is 0 Å². The summed E-state index contributed by atoms with van der Waals surface area (Å²) < 4.78 is 37.7. The second kappa shape index (κ2) is 5.49. The molecule has 0 bridgehead atoms. The van der Waals surface area contributed by atoms with Crippen LogP contribution in [-0.2, 0) is 12.6 Å². The van der Waals surface area contributed by atoms with Gasteiger partial charge in [-0.25, -0.2) is 9.78 Å². The van der Waals surface area contributed by atoms with Crippen LogP contribution >= 0.6 is 11.3 Å². The van der Waals surface area contributed by atoms with Crippen LogP contribution in [0.2, 0.25) is 0 Å². The third kappa shape index (κ3) is 3.70. The van der Waals surface area contributed by atoms with Crippen molar-refractivity contribution in [3.8, 4) is 0 Å². The molecular weight excluding hydrogens is 293 g/mol. The average molecular weight is 302 g/mol. The molecule has 1 heterocycles. The number of carbonyl (C=O) groups is 1. The van der Waals surface area contributed by atoms with E-state index in [9.17, 15) is 18.0 Å². The monoisotopic (exact) mass is 302 g/mol. The Labute approximate surface area is 115 Å². The number of aromatic nitrogens is 1. The molecule has 0 saturated heterocycles. The molecule has 0 aliphatic heterocycles. The van der Waals surface area contributed by atoms with Crippen LogP contribution in [0.1, 0.15) is 16.1 Å². The maximum atomic E-state index is 12.6. The number of nitrogens with zero attached hydrogens (tertiary/aromatic N) is 1. The van der Waals surface area contributed by atoms with Gasteiger partial charge in [-0.2, -0.15) is 13.2 Å². The molecule has 8 heteroatoms. The Balaban J connectivity index is 2.14. The van der Waals surface area contributed by atoms with Crippen LogP contribution in [0.4, 0.5) is 23.0 Å². The fourth-order valence-electron chi connectivity index (χ4n) is 1.59. The van der Waals surface area contributed by atoms with Gasteiger partial charge < -0.3 is 5.11 Å². The molecule has 0 spiro atoms. The first kappa shape index (κ1) is 14.3. The summed E-state index contributed by atoms with van der Waals surface area (Å²) in [6, 6.07) is 4.97. The summed E-state index contributed by atoms with van der Waals surface area (Å²) in [4.78, 5) is 14.4. The van der Waals surface area contributed by atoms with Crippen LogP contribution in [0.15, 0.2) is 30.5 Å². The standard InChI is InChI=1S/C12H9F3N2O2S/c13-12(14,15)8-3-1-2-7(4-8)5-9-16-6-10(20-9)17-11(18)19/h1-4,6,17H,5H2,(H,18,19). The maximum absolute atomic E-state index is 12.6. The molecule has 106 valence electrons. The summed E-state index contributed by atoms with van der Waals surface area (Å²) in [5.74, 6) is 0. The zero-order valence-corrected chi connectivity index (χ0v) is 10.8. The summed E-state index contributed by atoms with van der Waals surface area (Å²) in [5, 5.41) is 11.5. The maximum Gasteiger partial charge on any atom is 0.416 e. The number of rotatable bonds is 3. The second-order valence-corrected chi connectivity index (χ2v) is 5.04. The van der Waals surface area contributed by atoms with Gasteiger partial charge in [0.1, 0.15) is 5.00 Å². The van der Waals surface area contributed by atoms with Gasteiger partial charge in [-0.15, -0.1) is 11.3 Å². The van der Waals surface area contributed by atoms with Crippen molar-refractivity contribution in [2.24, 2.45) is 0 Å². The number of carboxylic acid groups (broad SMARTS) is 1. The molecule has 0 unspecified atom stereocenters. The number of hydrogen-bond acceptors (Lipinski definition) is 3. The van der Waals surface area contributed by atoms with Crippen molar-refractivity contribution < 1.29 is 23.1 Å². The Morgan fingerprint density at radius 2 is 2.15 bits per heavy atom. The van der Waals surface area contributed by atoms with E-state index in [1.54, 1.807) is 6.07 Å². The molecule has 20 heavy (non-hydrogen) atoms. The first-order valence-electron chi connectivity index (χ1n) is 5.45. The van der Waals surface area contributed by atoms with Crippen molar-refractivity contribution in [3.63, 3.8) is 0 Å². The molecule has 0 fully saturated rings. The third-order valence-corrected chi connectivity index (χ3v) is 3.31. The first-order chi connectivity index (χ1) is 9.34. The van der Waals surface area contributed by atoms with E-state index in [0.29, 0.717) is 15.6 Å². The summed E-state index contributed by atoms with van der Waals surface area (Å²) in [7, 11) is 0. The quantitative estimate of drug-likeness (QED) is 0.905. The Bertz CT molecular complexity index is 625. The number of alkyl halides is 3. The molecule has 2 aromatic rings. The van der Waals surface area contributed by atoms with Gasteiger partial charge in [0.25, 0.3) is 0 Å². The molecule has 0 atom stereocenters. The van der Waals surface area contributed by atoms with Gasteiger partial charge in [0.05, 0.1) is 16.8 Å². The van der Waals surface area contributed by atoms with Crippen LogP contribution in [-0.4, -0.2) is 16.2 Å². The van der Waals surface area contributed by atoms with E-state index >= 15 is 0 Å². The number of hydrogen-bond donors (Lipinski definition) is 2. The molecule has 0 saturated carbocycles. The molecule has 4 nitrogen and oxygen atoms in total. The third-order valence-electron chi connectivity index (χ3n) is 2.39. The fraction of sp³-hybridized carbons (Fsp3) is 0.167. The van der Waals surface area contributed by atoms with Crippen molar-refractivity contribution in [1.82, 2.24) is 4.98 Å². The van der Waals surface area contributed by atoms with Gasteiger partial charge >= 0.3 is 12.3 Å². The zero-order valence-electron chi connectivity index (χ0n) is 9.94. The van der Waals surface area contributed by atoms with E-state index in [1.165, 1.54) is 12.3 Å². The van der Waals surface area contributed by atoms with Crippen LogP contribution in [0.5, 0.6) is 0 Å². The number of thiazole rings is 1. The van der Waals surface area contributed by atoms with Crippen LogP contribution in [0.25, 0.3) is 0 Å². The molecule has 2 rings (SSSR count). The molecular formula is C12H9F3N2O2S. The summed E-state index contributed by atoms with van der Waals surface area (Å²) >= 11 is 1.09. The van der Waals surface area contributed by atoms with E-state index in [-0.39, 0.29) is 6.42 Å². The second-order valence-electron chi connectivity index (χ2n) is 3.92. The highest BCUT2D eigenvalue weighted by Gasteiger charge is 2.30. The van der Waals surface area contributed by atoms with Gasteiger partial charge in [-0.05, 0) is 11.6 Å². The minimum atomic E-state index is -4.38. The van der Waals surface area contributed by atoms with Gasteiger partial charge in [0.15, 0.2) is 0 Å². The zero-order chi connectivity index (χ0) is 14.8. The van der Waals surface area contributed by atoms with Crippen molar-refractivity contribution in [1.29, 1.82) is 0 Å². The first-order valence-corrected chi connectivity index (χ1v) is 6.27. The van der Waals surface area contributed by atoms with Crippen LogP contribution in [0, 0.1) is 0 Å². The Morgan fingerprint density at radius 1 is 1.40 bits per heavy atom. The number of benzene rings is 1. The minimum Gasteiger partial charge on any atom is -0.465 e. The highest BCUT2D eigenvalue weighted by Crippen LogP contribution is 2.30.